The van der Waals surface area contributed by atoms with Crippen molar-refractivity contribution in [2.45, 2.75) is 32.0 Å². The maximum Gasteiger partial charge on any atom is 0.263 e. The van der Waals surface area contributed by atoms with Crippen LogP contribution in [0.5, 0.6) is 0 Å². The lowest BCUT2D eigenvalue weighted by atomic mass is 10.2. The fourth-order valence-corrected chi connectivity index (χ4v) is 5.83. The molecule has 0 amide bonds. The SMILES string of the molecule is O=c1c2c(-c3cccs3)csc2nc(C[NH+]2CCOCC2)n1C[C@@H]1CCCO1. The van der Waals surface area contributed by atoms with E-state index in [1.54, 1.807) is 22.7 Å². The van der Waals surface area contributed by atoms with Crippen molar-refractivity contribution in [2.24, 2.45) is 0 Å². The molecular formula is C20H24N3O3S2+. The van der Waals surface area contributed by atoms with Crippen LogP contribution >= 0.6 is 22.7 Å². The molecule has 148 valence electrons. The smallest absolute Gasteiger partial charge is 0.263 e. The second kappa shape index (κ2) is 8.04. The largest absolute Gasteiger partial charge is 0.376 e. The zero-order valence-corrected chi connectivity index (χ0v) is 17.3. The molecule has 3 aromatic rings. The predicted octanol–water partition coefficient (Wildman–Crippen LogP) is 1.78. The Kier molecular flexibility index (Phi) is 5.30. The van der Waals surface area contributed by atoms with Crippen LogP contribution in [-0.4, -0.2) is 48.6 Å². The third-order valence-corrected chi connectivity index (χ3v) is 7.35. The lowest BCUT2D eigenvalue weighted by Gasteiger charge is -2.25. The topological polar surface area (TPSA) is 57.8 Å². The summed E-state index contributed by atoms with van der Waals surface area (Å²) >= 11 is 3.23. The van der Waals surface area contributed by atoms with Gasteiger partial charge in [0.15, 0.2) is 5.82 Å². The molecule has 0 radical (unpaired) electrons. The van der Waals surface area contributed by atoms with Gasteiger partial charge >= 0.3 is 0 Å². The monoisotopic (exact) mass is 418 g/mol. The van der Waals surface area contributed by atoms with Gasteiger partial charge in [-0.15, -0.1) is 22.7 Å². The summed E-state index contributed by atoms with van der Waals surface area (Å²) in [7, 11) is 0. The number of hydrogen-bond donors (Lipinski definition) is 1. The minimum absolute atomic E-state index is 0.0767. The summed E-state index contributed by atoms with van der Waals surface area (Å²) in [6.07, 6.45) is 2.19. The van der Waals surface area contributed by atoms with Crippen LogP contribution in [0, 0.1) is 0 Å². The molecule has 5 rings (SSSR count). The van der Waals surface area contributed by atoms with Crippen molar-refractivity contribution in [1.82, 2.24) is 9.55 Å². The average molecular weight is 419 g/mol. The van der Waals surface area contributed by atoms with Gasteiger partial charge in [0, 0.05) is 22.4 Å². The Morgan fingerprint density at radius 2 is 2.14 bits per heavy atom. The first kappa shape index (κ1) is 18.4. The van der Waals surface area contributed by atoms with E-state index >= 15 is 0 Å². The maximum atomic E-state index is 13.6. The Bertz CT molecular complexity index is 1000. The van der Waals surface area contributed by atoms with Gasteiger partial charge in [-0.05, 0) is 24.3 Å². The second-order valence-corrected chi connectivity index (χ2v) is 9.23. The van der Waals surface area contributed by atoms with Gasteiger partial charge in [0.1, 0.15) is 24.5 Å². The molecule has 0 aromatic carbocycles. The lowest BCUT2D eigenvalue weighted by Crippen LogP contribution is -3.13. The Morgan fingerprint density at radius 1 is 1.25 bits per heavy atom. The van der Waals surface area contributed by atoms with Crippen molar-refractivity contribution in [3.63, 3.8) is 0 Å². The molecule has 2 fully saturated rings. The van der Waals surface area contributed by atoms with E-state index in [1.165, 1.54) is 4.90 Å². The fraction of sp³-hybridized carbons (Fsp3) is 0.500. The minimum atomic E-state index is 0.0767. The van der Waals surface area contributed by atoms with E-state index in [0.29, 0.717) is 6.54 Å². The van der Waals surface area contributed by atoms with Gasteiger partial charge in [-0.2, -0.15) is 0 Å². The molecular weight excluding hydrogens is 394 g/mol. The molecule has 1 N–H and O–H groups in total. The highest BCUT2D eigenvalue weighted by Gasteiger charge is 2.25. The summed E-state index contributed by atoms with van der Waals surface area (Å²) in [5.74, 6) is 0.879. The van der Waals surface area contributed by atoms with Gasteiger partial charge in [0.25, 0.3) is 5.56 Å². The van der Waals surface area contributed by atoms with Crippen molar-refractivity contribution in [2.75, 3.05) is 32.9 Å². The van der Waals surface area contributed by atoms with Gasteiger partial charge in [-0.25, -0.2) is 4.98 Å². The molecule has 1 atom stereocenters. The first-order valence-electron chi connectivity index (χ1n) is 9.87. The molecule has 28 heavy (non-hydrogen) atoms. The van der Waals surface area contributed by atoms with Crippen LogP contribution < -0.4 is 10.5 Å². The highest BCUT2D eigenvalue weighted by Crippen LogP contribution is 2.33. The van der Waals surface area contributed by atoms with Crippen LogP contribution in [-0.2, 0) is 22.6 Å². The zero-order chi connectivity index (χ0) is 18.9. The van der Waals surface area contributed by atoms with Crippen LogP contribution in [0.25, 0.3) is 20.7 Å². The summed E-state index contributed by atoms with van der Waals surface area (Å²) in [5, 5.41) is 4.88. The Labute approximate surface area is 171 Å². The Balaban J connectivity index is 1.59. The number of quaternary nitrogens is 1. The number of aromatic nitrogens is 2. The van der Waals surface area contributed by atoms with E-state index in [0.717, 1.165) is 78.8 Å². The van der Waals surface area contributed by atoms with Crippen molar-refractivity contribution in [3.8, 4) is 10.4 Å². The standard InChI is InChI=1S/C20H23N3O3S2/c24-20-18-15(16-4-2-10-27-16)13-28-19(18)21-17(12-22-5-8-25-9-6-22)23(20)11-14-3-1-7-26-14/h2,4,10,13-14H,1,3,5-9,11-12H2/p+1/t14-/m0/s1. The highest BCUT2D eigenvalue weighted by molar-refractivity contribution is 7.18. The van der Waals surface area contributed by atoms with Gasteiger partial charge in [-0.3, -0.25) is 9.36 Å². The molecule has 6 nitrogen and oxygen atoms in total. The molecule has 2 aliphatic heterocycles. The fourth-order valence-electron chi connectivity index (χ4n) is 4.06. The van der Waals surface area contributed by atoms with Gasteiger partial charge in [0.05, 0.1) is 31.2 Å². The lowest BCUT2D eigenvalue weighted by molar-refractivity contribution is -0.922. The molecule has 5 heterocycles. The highest BCUT2D eigenvalue weighted by atomic mass is 32.1. The third-order valence-electron chi connectivity index (χ3n) is 5.58. The van der Waals surface area contributed by atoms with Crippen LogP contribution in [0.15, 0.2) is 27.7 Å². The van der Waals surface area contributed by atoms with E-state index in [9.17, 15) is 4.79 Å². The first-order valence-corrected chi connectivity index (χ1v) is 11.6. The predicted molar refractivity (Wildman–Crippen MR) is 111 cm³/mol. The maximum absolute atomic E-state index is 13.6. The number of thiophene rings is 2. The normalized spacial score (nSPS) is 20.9. The summed E-state index contributed by atoms with van der Waals surface area (Å²) < 4.78 is 13.2. The molecule has 2 aliphatic rings. The first-order chi connectivity index (χ1) is 13.8. The number of fused-ring (bicyclic) bond motifs is 1. The number of nitrogens with one attached hydrogen (secondary N) is 1. The Morgan fingerprint density at radius 3 is 2.89 bits per heavy atom. The molecule has 0 saturated carbocycles. The van der Waals surface area contributed by atoms with Gasteiger partial charge in [0.2, 0.25) is 0 Å². The molecule has 0 aliphatic carbocycles. The number of rotatable bonds is 5. The number of nitrogens with zero attached hydrogens (tertiary/aromatic N) is 2. The van der Waals surface area contributed by atoms with Gasteiger partial charge < -0.3 is 14.4 Å². The van der Waals surface area contributed by atoms with E-state index in [-0.39, 0.29) is 11.7 Å². The quantitative estimate of drug-likeness (QED) is 0.686. The summed E-state index contributed by atoms with van der Waals surface area (Å²) in [4.78, 5) is 22.0. The molecule has 3 aromatic heterocycles. The zero-order valence-electron chi connectivity index (χ0n) is 15.7. The number of morpholine rings is 1. The van der Waals surface area contributed by atoms with Crippen LogP contribution in [0.3, 0.4) is 0 Å². The van der Waals surface area contributed by atoms with E-state index in [2.05, 4.69) is 11.4 Å². The van der Waals surface area contributed by atoms with Crippen molar-refractivity contribution in [1.29, 1.82) is 0 Å². The number of ether oxygens (including phenoxy) is 2. The summed E-state index contributed by atoms with van der Waals surface area (Å²) in [5.41, 5.74) is 1.09. The van der Waals surface area contributed by atoms with Crippen molar-refractivity contribution in [3.05, 3.63) is 39.1 Å². The van der Waals surface area contributed by atoms with E-state index in [1.807, 2.05) is 16.0 Å². The molecule has 2 saturated heterocycles. The molecule has 0 bridgehead atoms. The number of hydrogen-bond acceptors (Lipinski definition) is 6. The second-order valence-electron chi connectivity index (χ2n) is 7.42. The average Bonchev–Trinajstić information content (AvgIpc) is 3.46. The minimum Gasteiger partial charge on any atom is -0.376 e. The molecule has 8 heteroatoms. The van der Waals surface area contributed by atoms with E-state index in [4.69, 9.17) is 14.5 Å². The van der Waals surface area contributed by atoms with Crippen LogP contribution in [0.1, 0.15) is 18.7 Å². The molecule has 0 unspecified atom stereocenters. The summed E-state index contributed by atoms with van der Waals surface area (Å²) in [6, 6.07) is 4.10. The van der Waals surface area contributed by atoms with Crippen molar-refractivity contribution >= 4 is 32.9 Å². The van der Waals surface area contributed by atoms with Crippen molar-refractivity contribution < 1.29 is 14.4 Å². The Hall–Kier alpha value is -1.58. The van der Waals surface area contributed by atoms with Crippen LogP contribution in [0.2, 0.25) is 0 Å². The third kappa shape index (κ3) is 3.55. The summed E-state index contributed by atoms with van der Waals surface area (Å²) in [6.45, 7) is 5.60. The van der Waals surface area contributed by atoms with Gasteiger partial charge in [-0.1, -0.05) is 6.07 Å². The molecule has 0 spiro atoms. The van der Waals surface area contributed by atoms with E-state index < -0.39 is 0 Å². The van der Waals surface area contributed by atoms with Crippen LogP contribution in [0.4, 0.5) is 0 Å².